The lowest BCUT2D eigenvalue weighted by Crippen LogP contribution is -2.38. The van der Waals surface area contributed by atoms with Crippen LogP contribution in [-0.4, -0.2) is 34.8 Å². The summed E-state index contributed by atoms with van der Waals surface area (Å²) in [5.74, 6) is -0.716. The van der Waals surface area contributed by atoms with E-state index in [1.54, 1.807) is 18.3 Å². The van der Waals surface area contributed by atoms with Gasteiger partial charge in [0.2, 0.25) is 5.91 Å². The summed E-state index contributed by atoms with van der Waals surface area (Å²) in [6.07, 6.45) is 3.21. The Kier molecular flexibility index (Phi) is 6.36. The molecule has 0 fully saturated rings. The molecular formula is C16H15Cl2N3O2S. The highest BCUT2D eigenvalue weighted by Gasteiger charge is 2.20. The third-order valence-electron chi connectivity index (χ3n) is 3.00. The van der Waals surface area contributed by atoms with E-state index in [-0.39, 0.29) is 35.5 Å². The minimum absolute atomic E-state index is 0.136. The van der Waals surface area contributed by atoms with Crippen molar-refractivity contribution in [2.75, 3.05) is 18.4 Å². The fourth-order valence-electron chi connectivity index (χ4n) is 1.95. The molecule has 2 aromatic rings. The number of amides is 2. The Morgan fingerprint density at radius 3 is 2.75 bits per heavy atom. The number of hydrogen-bond acceptors (Lipinski definition) is 4. The summed E-state index contributed by atoms with van der Waals surface area (Å²) in [4.78, 5) is 31.2. The molecule has 2 amide bonds. The average molecular weight is 384 g/mol. The second-order valence-electron chi connectivity index (χ2n) is 4.92. The maximum absolute atomic E-state index is 12.6. The van der Waals surface area contributed by atoms with E-state index in [1.165, 1.54) is 28.4 Å². The summed E-state index contributed by atoms with van der Waals surface area (Å²) < 4.78 is 0. The summed E-state index contributed by atoms with van der Waals surface area (Å²) in [5, 5.41) is 3.83. The van der Waals surface area contributed by atoms with E-state index in [4.69, 9.17) is 23.2 Å². The number of thiazole rings is 1. The molecule has 0 aliphatic rings. The van der Waals surface area contributed by atoms with Crippen LogP contribution in [0, 0.1) is 6.92 Å². The quantitative estimate of drug-likeness (QED) is 0.765. The Bertz CT molecular complexity index is 776. The van der Waals surface area contributed by atoms with Crippen molar-refractivity contribution in [3.8, 4) is 0 Å². The molecule has 1 N–H and O–H groups in total. The maximum Gasteiger partial charge on any atom is 0.256 e. The molecule has 1 aromatic heterocycles. The molecule has 5 nitrogen and oxygen atoms in total. The predicted octanol–water partition coefficient (Wildman–Crippen LogP) is 4.03. The SMILES string of the molecule is C=CCN(CC(=O)Nc1ncc(C)s1)C(=O)c1ccc(Cl)cc1Cl. The van der Waals surface area contributed by atoms with E-state index in [1.807, 2.05) is 6.92 Å². The van der Waals surface area contributed by atoms with Gasteiger partial charge in [0, 0.05) is 22.6 Å². The van der Waals surface area contributed by atoms with Crippen LogP contribution in [0.3, 0.4) is 0 Å². The van der Waals surface area contributed by atoms with Gasteiger partial charge in [-0.2, -0.15) is 0 Å². The van der Waals surface area contributed by atoms with Crippen LogP contribution in [0.25, 0.3) is 0 Å². The van der Waals surface area contributed by atoms with Crippen LogP contribution in [0.4, 0.5) is 5.13 Å². The molecule has 126 valence electrons. The highest BCUT2D eigenvalue weighted by atomic mass is 35.5. The lowest BCUT2D eigenvalue weighted by Gasteiger charge is -2.21. The van der Waals surface area contributed by atoms with E-state index in [0.717, 1.165) is 4.88 Å². The topological polar surface area (TPSA) is 62.3 Å². The van der Waals surface area contributed by atoms with Gasteiger partial charge in [-0.15, -0.1) is 17.9 Å². The van der Waals surface area contributed by atoms with Gasteiger partial charge in [-0.05, 0) is 25.1 Å². The molecule has 0 aliphatic carbocycles. The second-order valence-corrected chi connectivity index (χ2v) is 7.00. The Morgan fingerprint density at radius 1 is 1.42 bits per heavy atom. The molecule has 0 spiro atoms. The summed E-state index contributed by atoms with van der Waals surface area (Å²) in [6, 6.07) is 4.59. The number of carbonyl (C=O) groups is 2. The largest absolute Gasteiger partial charge is 0.326 e. The molecule has 0 unspecified atom stereocenters. The molecule has 0 radical (unpaired) electrons. The number of halogens is 2. The van der Waals surface area contributed by atoms with Gasteiger partial charge in [0.15, 0.2) is 5.13 Å². The molecule has 0 saturated heterocycles. The van der Waals surface area contributed by atoms with Crippen LogP contribution in [0.15, 0.2) is 37.1 Å². The van der Waals surface area contributed by atoms with Gasteiger partial charge in [0.25, 0.3) is 5.91 Å². The third kappa shape index (κ3) is 4.80. The first-order valence-corrected chi connectivity index (χ1v) is 8.55. The van der Waals surface area contributed by atoms with Crippen molar-refractivity contribution in [3.05, 3.63) is 57.5 Å². The van der Waals surface area contributed by atoms with Crippen LogP contribution in [0.2, 0.25) is 10.0 Å². The standard InChI is InChI=1S/C16H15Cl2N3O2S/c1-3-6-21(9-14(22)20-16-19-8-10(2)24-16)15(23)12-5-4-11(17)7-13(12)18/h3-5,7-8H,1,6,9H2,2H3,(H,19,20,22). The summed E-state index contributed by atoms with van der Waals surface area (Å²) in [7, 11) is 0. The average Bonchev–Trinajstić information content (AvgIpc) is 2.91. The maximum atomic E-state index is 12.6. The number of nitrogens with one attached hydrogen (secondary N) is 1. The van der Waals surface area contributed by atoms with Crippen LogP contribution < -0.4 is 5.32 Å². The van der Waals surface area contributed by atoms with Gasteiger partial charge in [-0.3, -0.25) is 9.59 Å². The van der Waals surface area contributed by atoms with Crippen molar-refractivity contribution >= 4 is 51.5 Å². The fourth-order valence-corrected chi connectivity index (χ4v) is 3.12. The zero-order valence-corrected chi connectivity index (χ0v) is 15.2. The molecule has 0 aliphatic heterocycles. The van der Waals surface area contributed by atoms with Crippen LogP contribution in [0.5, 0.6) is 0 Å². The van der Waals surface area contributed by atoms with Crippen molar-refractivity contribution in [2.45, 2.75) is 6.92 Å². The minimum atomic E-state index is -0.373. The number of anilines is 1. The van der Waals surface area contributed by atoms with Crippen LogP contribution >= 0.6 is 34.5 Å². The van der Waals surface area contributed by atoms with Crippen LogP contribution in [0.1, 0.15) is 15.2 Å². The van der Waals surface area contributed by atoms with Crippen molar-refractivity contribution in [3.63, 3.8) is 0 Å². The molecule has 24 heavy (non-hydrogen) atoms. The van der Waals surface area contributed by atoms with Gasteiger partial charge in [-0.1, -0.05) is 29.3 Å². The van der Waals surface area contributed by atoms with E-state index in [0.29, 0.717) is 10.2 Å². The Morgan fingerprint density at radius 2 is 2.17 bits per heavy atom. The first kappa shape index (κ1) is 18.4. The van der Waals surface area contributed by atoms with Crippen molar-refractivity contribution in [1.29, 1.82) is 0 Å². The monoisotopic (exact) mass is 383 g/mol. The molecule has 0 bridgehead atoms. The number of carbonyl (C=O) groups excluding carboxylic acids is 2. The normalized spacial score (nSPS) is 10.3. The minimum Gasteiger partial charge on any atom is -0.326 e. The Balaban J connectivity index is 2.11. The first-order valence-electron chi connectivity index (χ1n) is 6.98. The number of nitrogens with zero attached hydrogens (tertiary/aromatic N) is 2. The lowest BCUT2D eigenvalue weighted by atomic mass is 10.2. The van der Waals surface area contributed by atoms with Gasteiger partial charge in [0.05, 0.1) is 10.6 Å². The summed E-state index contributed by atoms with van der Waals surface area (Å²) in [5.41, 5.74) is 0.279. The summed E-state index contributed by atoms with van der Waals surface area (Å²) >= 11 is 13.3. The molecule has 0 saturated carbocycles. The highest BCUT2D eigenvalue weighted by Crippen LogP contribution is 2.22. The smallest absolute Gasteiger partial charge is 0.256 e. The van der Waals surface area contributed by atoms with Gasteiger partial charge in [-0.25, -0.2) is 4.98 Å². The molecule has 1 heterocycles. The third-order valence-corrected chi connectivity index (χ3v) is 4.38. The number of hydrogen-bond donors (Lipinski definition) is 1. The highest BCUT2D eigenvalue weighted by molar-refractivity contribution is 7.15. The van der Waals surface area contributed by atoms with Gasteiger partial charge >= 0.3 is 0 Å². The Labute approximate surface area is 153 Å². The van der Waals surface area contributed by atoms with Crippen molar-refractivity contribution in [2.24, 2.45) is 0 Å². The molecular weight excluding hydrogens is 369 g/mol. The summed E-state index contributed by atoms with van der Waals surface area (Å²) in [6.45, 7) is 5.58. The number of rotatable bonds is 6. The van der Waals surface area contributed by atoms with E-state index >= 15 is 0 Å². The number of aryl methyl sites for hydroxylation is 1. The van der Waals surface area contributed by atoms with Crippen molar-refractivity contribution < 1.29 is 9.59 Å². The van der Waals surface area contributed by atoms with Crippen LogP contribution in [-0.2, 0) is 4.79 Å². The zero-order valence-electron chi connectivity index (χ0n) is 12.9. The fraction of sp³-hybridized carbons (Fsp3) is 0.188. The number of benzene rings is 1. The second kappa shape index (κ2) is 8.28. The van der Waals surface area contributed by atoms with Gasteiger partial charge < -0.3 is 10.2 Å². The number of aromatic nitrogens is 1. The van der Waals surface area contributed by atoms with E-state index in [2.05, 4.69) is 16.9 Å². The first-order chi connectivity index (χ1) is 11.4. The predicted molar refractivity (Wildman–Crippen MR) is 98.0 cm³/mol. The zero-order chi connectivity index (χ0) is 17.7. The molecule has 0 atom stereocenters. The van der Waals surface area contributed by atoms with E-state index in [9.17, 15) is 9.59 Å². The molecule has 2 rings (SSSR count). The van der Waals surface area contributed by atoms with E-state index < -0.39 is 0 Å². The van der Waals surface area contributed by atoms with Crippen molar-refractivity contribution in [1.82, 2.24) is 9.88 Å². The lowest BCUT2D eigenvalue weighted by molar-refractivity contribution is -0.116. The molecule has 8 heteroatoms. The van der Waals surface area contributed by atoms with Gasteiger partial charge in [0.1, 0.15) is 6.54 Å². The molecule has 1 aromatic carbocycles. The Hall–Kier alpha value is -1.89.